The third kappa shape index (κ3) is 4.00. The summed E-state index contributed by atoms with van der Waals surface area (Å²) in [6.07, 6.45) is 2.69. The van der Waals surface area contributed by atoms with Gasteiger partial charge in [0.25, 0.3) is 15.9 Å². The molecule has 0 saturated heterocycles. The second kappa shape index (κ2) is 6.97. The lowest BCUT2D eigenvalue weighted by atomic mass is 9.99. The Morgan fingerprint density at radius 3 is 2.39 bits per heavy atom. The van der Waals surface area contributed by atoms with E-state index in [9.17, 15) is 13.2 Å². The van der Waals surface area contributed by atoms with E-state index in [1.54, 1.807) is 54.2 Å². The third-order valence-electron chi connectivity index (χ3n) is 3.85. The summed E-state index contributed by atoms with van der Waals surface area (Å²) in [5.41, 5.74) is 3.66. The number of carbonyl (C=O) groups is 1. The van der Waals surface area contributed by atoms with E-state index in [2.05, 4.69) is 24.1 Å². The normalized spacial score (nSPS) is 12.8. The SMILES string of the molecule is CCC(C)c1ccc(S(=O)(=O)NNC(=O)c2cccn2C)cc1. The molecular weight excluding hydrogens is 314 g/mol. The minimum absolute atomic E-state index is 0.108. The number of hydrogen-bond acceptors (Lipinski definition) is 3. The molecule has 124 valence electrons. The van der Waals surface area contributed by atoms with Crippen LogP contribution in [0.3, 0.4) is 0 Å². The molecule has 0 fully saturated rings. The van der Waals surface area contributed by atoms with Crippen LogP contribution in [0.25, 0.3) is 0 Å². The van der Waals surface area contributed by atoms with Crippen LogP contribution in [0, 0.1) is 0 Å². The van der Waals surface area contributed by atoms with Gasteiger partial charge in [-0.05, 0) is 42.2 Å². The molecule has 2 rings (SSSR count). The average Bonchev–Trinajstić information content (AvgIpc) is 2.98. The van der Waals surface area contributed by atoms with Crippen molar-refractivity contribution in [3.8, 4) is 0 Å². The highest BCUT2D eigenvalue weighted by Crippen LogP contribution is 2.20. The predicted octanol–water partition coefficient (Wildman–Crippen LogP) is 2.16. The molecule has 0 bridgehead atoms. The van der Waals surface area contributed by atoms with Crippen molar-refractivity contribution in [2.75, 3.05) is 0 Å². The van der Waals surface area contributed by atoms with Crippen molar-refractivity contribution >= 4 is 15.9 Å². The molecule has 0 radical (unpaired) electrons. The van der Waals surface area contributed by atoms with Crippen LogP contribution in [0.2, 0.25) is 0 Å². The highest BCUT2D eigenvalue weighted by Gasteiger charge is 2.17. The minimum Gasteiger partial charge on any atom is -0.347 e. The summed E-state index contributed by atoms with van der Waals surface area (Å²) in [5, 5.41) is 0. The van der Waals surface area contributed by atoms with Crippen LogP contribution in [-0.2, 0) is 17.1 Å². The first-order valence-electron chi connectivity index (χ1n) is 7.38. The molecule has 1 atom stereocenters. The topological polar surface area (TPSA) is 80.2 Å². The van der Waals surface area contributed by atoms with Crippen LogP contribution >= 0.6 is 0 Å². The Balaban J connectivity index is 2.07. The van der Waals surface area contributed by atoms with Gasteiger partial charge in [-0.25, -0.2) is 8.42 Å². The molecule has 6 nitrogen and oxygen atoms in total. The molecule has 1 aromatic heterocycles. The number of carbonyl (C=O) groups excluding carboxylic acids is 1. The molecule has 2 aromatic rings. The zero-order valence-electron chi connectivity index (χ0n) is 13.4. The summed E-state index contributed by atoms with van der Waals surface area (Å²) in [5.74, 6) is -0.144. The van der Waals surface area contributed by atoms with Crippen LogP contribution in [0.1, 0.15) is 42.2 Å². The number of hydrazine groups is 1. The summed E-state index contributed by atoms with van der Waals surface area (Å²) >= 11 is 0. The van der Waals surface area contributed by atoms with Crippen molar-refractivity contribution < 1.29 is 13.2 Å². The van der Waals surface area contributed by atoms with Gasteiger partial charge in [0.15, 0.2) is 0 Å². The van der Waals surface area contributed by atoms with E-state index in [0.717, 1.165) is 12.0 Å². The lowest BCUT2D eigenvalue weighted by Gasteiger charge is -2.11. The van der Waals surface area contributed by atoms with Gasteiger partial charge in [-0.1, -0.05) is 26.0 Å². The average molecular weight is 335 g/mol. The summed E-state index contributed by atoms with van der Waals surface area (Å²) < 4.78 is 26.0. The van der Waals surface area contributed by atoms with Crippen molar-refractivity contribution in [3.05, 3.63) is 53.9 Å². The van der Waals surface area contributed by atoms with Crippen LogP contribution < -0.4 is 10.3 Å². The largest absolute Gasteiger partial charge is 0.347 e. The number of nitrogens with zero attached hydrogens (tertiary/aromatic N) is 1. The number of benzene rings is 1. The van der Waals surface area contributed by atoms with Crippen LogP contribution in [0.4, 0.5) is 0 Å². The lowest BCUT2D eigenvalue weighted by molar-refractivity contribution is 0.0937. The fourth-order valence-corrected chi connectivity index (χ4v) is 2.98. The number of aryl methyl sites for hydroxylation is 1. The Morgan fingerprint density at radius 2 is 1.87 bits per heavy atom. The smallest absolute Gasteiger partial charge is 0.282 e. The first-order valence-corrected chi connectivity index (χ1v) is 8.87. The Bertz CT molecular complexity index is 779. The van der Waals surface area contributed by atoms with Gasteiger partial charge in [-0.2, -0.15) is 0 Å². The molecule has 7 heteroatoms. The molecule has 0 aliphatic carbocycles. The van der Waals surface area contributed by atoms with Crippen molar-refractivity contribution in [2.24, 2.45) is 7.05 Å². The summed E-state index contributed by atoms with van der Waals surface area (Å²) in [7, 11) is -2.09. The van der Waals surface area contributed by atoms with E-state index in [0.29, 0.717) is 11.6 Å². The molecule has 1 unspecified atom stereocenters. The number of amides is 1. The maximum atomic E-state index is 12.2. The molecule has 0 spiro atoms. The lowest BCUT2D eigenvalue weighted by Crippen LogP contribution is -2.42. The van der Waals surface area contributed by atoms with Gasteiger partial charge in [0.05, 0.1) is 4.90 Å². The van der Waals surface area contributed by atoms with Crippen molar-refractivity contribution in [3.63, 3.8) is 0 Å². The standard InChI is InChI=1S/C16H21N3O3S/c1-4-12(2)13-7-9-14(10-8-13)23(21,22)18-17-16(20)15-6-5-11-19(15)3/h5-12,18H,4H2,1-3H3,(H,17,20). The van der Waals surface area contributed by atoms with Crippen LogP contribution in [0.5, 0.6) is 0 Å². The molecule has 1 aromatic carbocycles. The van der Waals surface area contributed by atoms with E-state index in [-0.39, 0.29) is 4.90 Å². The molecule has 1 amide bonds. The van der Waals surface area contributed by atoms with Gasteiger partial charge >= 0.3 is 0 Å². The number of rotatable bonds is 6. The van der Waals surface area contributed by atoms with E-state index in [4.69, 9.17) is 0 Å². The van der Waals surface area contributed by atoms with Crippen molar-refractivity contribution in [1.82, 2.24) is 14.8 Å². The van der Waals surface area contributed by atoms with Gasteiger partial charge in [0.1, 0.15) is 5.69 Å². The van der Waals surface area contributed by atoms with E-state index < -0.39 is 15.9 Å². The summed E-state index contributed by atoms with van der Waals surface area (Å²) in [4.78, 5) is 14.1. The van der Waals surface area contributed by atoms with Gasteiger partial charge in [-0.15, -0.1) is 4.83 Å². The maximum absolute atomic E-state index is 12.2. The maximum Gasteiger partial charge on any atom is 0.282 e. The fourth-order valence-electron chi connectivity index (χ4n) is 2.14. The minimum atomic E-state index is -3.80. The van der Waals surface area contributed by atoms with Gasteiger partial charge in [0.2, 0.25) is 0 Å². The van der Waals surface area contributed by atoms with Gasteiger partial charge in [-0.3, -0.25) is 10.2 Å². The molecule has 1 heterocycles. The van der Waals surface area contributed by atoms with Crippen molar-refractivity contribution in [1.29, 1.82) is 0 Å². The zero-order chi connectivity index (χ0) is 17.0. The second-order valence-corrected chi connectivity index (χ2v) is 7.12. The Morgan fingerprint density at radius 1 is 1.22 bits per heavy atom. The van der Waals surface area contributed by atoms with E-state index in [1.807, 2.05) is 0 Å². The first kappa shape index (κ1) is 17.2. The number of hydrogen-bond donors (Lipinski definition) is 2. The molecule has 0 aliphatic rings. The quantitative estimate of drug-likeness (QED) is 0.794. The monoisotopic (exact) mass is 335 g/mol. The number of aromatic nitrogens is 1. The summed E-state index contributed by atoms with van der Waals surface area (Å²) in [6, 6.07) is 9.97. The van der Waals surface area contributed by atoms with Crippen LogP contribution in [0.15, 0.2) is 47.5 Å². The third-order valence-corrected chi connectivity index (χ3v) is 5.11. The molecule has 0 saturated carbocycles. The van der Waals surface area contributed by atoms with E-state index >= 15 is 0 Å². The molecule has 0 aliphatic heterocycles. The molecule has 2 N–H and O–H groups in total. The Kier molecular flexibility index (Phi) is 5.23. The van der Waals surface area contributed by atoms with Gasteiger partial charge in [0, 0.05) is 13.2 Å². The van der Waals surface area contributed by atoms with Gasteiger partial charge < -0.3 is 4.57 Å². The predicted molar refractivity (Wildman–Crippen MR) is 88.3 cm³/mol. The number of sulfonamides is 1. The zero-order valence-corrected chi connectivity index (χ0v) is 14.2. The summed E-state index contributed by atoms with van der Waals surface area (Å²) in [6.45, 7) is 4.16. The second-order valence-electron chi connectivity index (χ2n) is 5.44. The van der Waals surface area contributed by atoms with E-state index in [1.165, 1.54) is 0 Å². The Labute approximate surface area is 136 Å². The fraction of sp³-hybridized carbons (Fsp3) is 0.312. The molecule has 23 heavy (non-hydrogen) atoms. The first-order chi connectivity index (χ1) is 10.8. The Hall–Kier alpha value is -2.12. The van der Waals surface area contributed by atoms with Crippen LogP contribution in [-0.4, -0.2) is 18.9 Å². The van der Waals surface area contributed by atoms with Crippen molar-refractivity contribution in [2.45, 2.75) is 31.1 Å². The number of nitrogens with one attached hydrogen (secondary N) is 2. The molecular formula is C16H21N3O3S. The highest BCUT2D eigenvalue weighted by molar-refractivity contribution is 7.89. The highest BCUT2D eigenvalue weighted by atomic mass is 32.2.